The number of sulfonamides is 1. The highest BCUT2D eigenvalue weighted by Crippen LogP contribution is 2.23. The van der Waals surface area contributed by atoms with Gasteiger partial charge in [0.25, 0.3) is 0 Å². The number of carbonyl (C=O) groups excluding carboxylic acids is 1. The van der Waals surface area contributed by atoms with Crippen molar-refractivity contribution >= 4 is 44.8 Å². The molecule has 0 unspecified atom stereocenters. The van der Waals surface area contributed by atoms with E-state index in [0.717, 1.165) is 0 Å². The molecule has 1 aliphatic heterocycles. The monoisotopic (exact) mass is 426 g/mol. The third-order valence-electron chi connectivity index (χ3n) is 4.52. The molecule has 0 radical (unpaired) electrons. The maximum Gasteiger partial charge on any atom is 0.228 e. The van der Waals surface area contributed by atoms with Crippen molar-refractivity contribution < 1.29 is 13.2 Å². The number of benzene rings is 2. The fraction of sp³-hybridized carbons (Fsp3) is 0.316. The molecule has 2 aromatic rings. The van der Waals surface area contributed by atoms with E-state index >= 15 is 0 Å². The molecule has 1 amide bonds. The van der Waals surface area contributed by atoms with E-state index in [1.807, 2.05) is 0 Å². The van der Waals surface area contributed by atoms with Crippen molar-refractivity contribution in [2.24, 2.45) is 5.92 Å². The normalized spacial score (nSPS) is 18.2. The van der Waals surface area contributed by atoms with E-state index in [0.29, 0.717) is 40.7 Å². The van der Waals surface area contributed by atoms with Crippen LogP contribution in [0.25, 0.3) is 0 Å². The van der Waals surface area contributed by atoms with Crippen molar-refractivity contribution in [1.29, 1.82) is 0 Å². The zero-order chi connectivity index (χ0) is 19.4. The third-order valence-corrected chi connectivity index (χ3v) is 6.84. The van der Waals surface area contributed by atoms with Crippen molar-refractivity contribution in [3.05, 3.63) is 64.1 Å². The fourth-order valence-electron chi connectivity index (χ4n) is 3.07. The Kier molecular flexibility index (Phi) is 6.42. The number of carbonyl (C=O) groups is 1. The third kappa shape index (κ3) is 5.45. The number of nitrogens with zero attached hydrogens (tertiary/aromatic N) is 1. The van der Waals surface area contributed by atoms with Crippen LogP contribution < -0.4 is 5.32 Å². The van der Waals surface area contributed by atoms with Gasteiger partial charge in [-0.05, 0) is 54.8 Å². The molecular weight excluding hydrogens is 407 g/mol. The number of piperidine rings is 1. The molecule has 1 aliphatic rings. The lowest BCUT2D eigenvalue weighted by molar-refractivity contribution is -0.120. The molecule has 0 aliphatic carbocycles. The topological polar surface area (TPSA) is 66.5 Å². The minimum atomic E-state index is -3.50. The second kappa shape index (κ2) is 8.61. The summed E-state index contributed by atoms with van der Waals surface area (Å²) in [6.45, 7) is 0.621. The Balaban J connectivity index is 1.64. The molecule has 27 heavy (non-hydrogen) atoms. The van der Waals surface area contributed by atoms with Gasteiger partial charge >= 0.3 is 0 Å². The summed E-state index contributed by atoms with van der Waals surface area (Å²) in [4.78, 5) is 12.5. The summed E-state index contributed by atoms with van der Waals surface area (Å²) in [7, 11) is -3.50. The van der Waals surface area contributed by atoms with Crippen LogP contribution in [0.1, 0.15) is 18.4 Å². The van der Waals surface area contributed by atoms with Crippen LogP contribution in [0.2, 0.25) is 10.0 Å². The van der Waals surface area contributed by atoms with Crippen molar-refractivity contribution in [2.45, 2.75) is 18.6 Å². The van der Waals surface area contributed by atoms with Crippen LogP contribution in [-0.2, 0) is 20.6 Å². The molecule has 1 heterocycles. The average Bonchev–Trinajstić information content (AvgIpc) is 2.65. The van der Waals surface area contributed by atoms with Gasteiger partial charge in [0, 0.05) is 28.8 Å². The zero-order valence-electron chi connectivity index (χ0n) is 14.6. The van der Waals surface area contributed by atoms with Gasteiger partial charge in [-0.25, -0.2) is 12.7 Å². The molecular formula is C19H20Cl2N2O3S. The molecule has 1 atom stereocenters. The highest BCUT2D eigenvalue weighted by Gasteiger charge is 2.32. The maximum atomic E-state index is 12.8. The predicted molar refractivity (Wildman–Crippen MR) is 108 cm³/mol. The quantitative estimate of drug-likeness (QED) is 0.779. The van der Waals surface area contributed by atoms with Gasteiger partial charge in [0.2, 0.25) is 15.9 Å². The molecule has 0 bridgehead atoms. The molecule has 0 spiro atoms. The average molecular weight is 427 g/mol. The van der Waals surface area contributed by atoms with Gasteiger partial charge in [-0.2, -0.15) is 0 Å². The van der Waals surface area contributed by atoms with Gasteiger partial charge in [-0.15, -0.1) is 0 Å². The van der Waals surface area contributed by atoms with Crippen LogP contribution in [0, 0.1) is 5.92 Å². The standard InChI is InChI=1S/C19H20Cl2N2O3S/c20-16-5-3-14(4-6-16)13-27(25,26)23-11-1-2-15(12-23)19(24)22-18-9-7-17(21)8-10-18/h3-10,15H,1-2,11-13H2,(H,22,24)/t15-/m0/s1. The first-order valence-electron chi connectivity index (χ1n) is 8.62. The summed E-state index contributed by atoms with van der Waals surface area (Å²) in [5.74, 6) is -0.659. The Hall–Kier alpha value is -1.60. The van der Waals surface area contributed by atoms with Crippen LogP contribution in [0.15, 0.2) is 48.5 Å². The summed E-state index contributed by atoms with van der Waals surface area (Å²) in [5.41, 5.74) is 1.32. The molecule has 2 aromatic carbocycles. The molecule has 1 N–H and O–H groups in total. The first kappa shape index (κ1) is 20.1. The second-order valence-corrected chi connectivity index (χ2v) is 9.42. The van der Waals surface area contributed by atoms with E-state index < -0.39 is 10.0 Å². The van der Waals surface area contributed by atoms with Gasteiger partial charge < -0.3 is 5.32 Å². The highest BCUT2D eigenvalue weighted by atomic mass is 35.5. The molecule has 1 fully saturated rings. The number of rotatable bonds is 5. The summed E-state index contributed by atoms with van der Waals surface area (Å²) >= 11 is 11.7. The fourth-order valence-corrected chi connectivity index (χ4v) is 4.93. The van der Waals surface area contributed by atoms with E-state index in [-0.39, 0.29) is 24.1 Å². The Morgan fingerprint density at radius 1 is 1.04 bits per heavy atom. The van der Waals surface area contributed by atoms with Crippen LogP contribution >= 0.6 is 23.2 Å². The van der Waals surface area contributed by atoms with Gasteiger partial charge in [-0.3, -0.25) is 4.79 Å². The lowest BCUT2D eigenvalue weighted by Gasteiger charge is -2.31. The highest BCUT2D eigenvalue weighted by molar-refractivity contribution is 7.88. The van der Waals surface area contributed by atoms with Gasteiger partial charge in [-0.1, -0.05) is 35.3 Å². The van der Waals surface area contributed by atoms with Crippen LogP contribution in [0.4, 0.5) is 5.69 Å². The van der Waals surface area contributed by atoms with Crippen molar-refractivity contribution in [3.63, 3.8) is 0 Å². The van der Waals surface area contributed by atoms with E-state index in [2.05, 4.69) is 5.32 Å². The summed E-state index contributed by atoms with van der Waals surface area (Å²) < 4.78 is 26.9. The molecule has 5 nitrogen and oxygen atoms in total. The smallest absolute Gasteiger partial charge is 0.228 e. The SMILES string of the molecule is O=C(Nc1ccc(Cl)cc1)[C@H]1CCCN(S(=O)(=O)Cc2ccc(Cl)cc2)C1. The Bertz CT molecular complexity index is 900. The van der Waals surface area contributed by atoms with Crippen molar-refractivity contribution in [2.75, 3.05) is 18.4 Å². The predicted octanol–water partition coefficient (Wildman–Crippen LogP) is 4.17. The second-order valence-electron chi connectivity index (χ2n) is 6.58. The van der Waals surface area contributed by atoms with Crippen LogP contribution in [-0.4, -0.2) is 31.7 Å². The zero-order valence-corrected chi connectivity index (χ0v) is 16.9. The Morgan fingerprint density at radius 3 is 2.26 bits per heavy atom. The number of amides is 1. The van der Waals surface area contributed by atoms with E-state index in [4.69, 9.17) is 23.2 Å². The minimum absolute atomic E-state index is 0.101. The minimum Gasteiger partial charge on any atom is -0.326 e. The molecule has 0 saturated carbocycles. The molecule has 1 saturated heterocycles. The molecule has 144 valence electrons. The maximum absolute atomic E-state index is 12.8. The number of hydrogen-bond donors (Lipinski definition) is 1. The van der Waals surface area contributed by atoms with E-state index in [9.17, 15) is 13.2 Å². The van der Waals surface area contributed by atoms with Crippen molar-refractivity contribution in [1.82, 2.24) is 4.31 Å². The summed E-state index contributed by atoms with van der Waals surface area (Å²) in [5, 5.41) is 3.98. The number of nitrogens with one attached hydrogen (secondary N) is 1. The van der Waals surface area contributed by atoms with Crippen molar-refractivity contribution in [3.8, 4) is 0 Å². The first-order valence-corrected chi connectivity index (χ1v) is 11.0. The Labute approximate surface area is 169 Å². The number of halogens is 2. The lowest BCUT2D eigenvalue weighted by Crippen LogP contribution is -2.44. The van der Waals surface area contributed by atoms with Gasteiger partial charge in [0.1, 0.15) is 0 Å². The van der Waals surface area contributed by atoms with E-state index in [1.165, 1.54) is 4.31 Å². The van der Waals surface area contributed by atoms with Crippen LogP contribution in [0.3, 0.4) is 0 Å². The Morgan fingerprint density at radius 2 is 1.63 bits per heavy atom. The summed E-state index contributed by atoms with van der Waals surface area (Å²) in [6.07, 6.45) is 1.31. The number of anilines is 1. The van der Waals surface area contributed by atoms with E-state index in [1.54, 1.807) is 48.5 Å². The van der Waals surface area contributed by atoms with Crippen LogP contribution in [0.5, 0.6) is 0 Å². The lowest BCUT2D eigenvalue weighted by atomic mass is 9.99. The van der Waals surface area contributed by atoms with Gasteiger partial charge in [0.05, 0.1) is 11.7 Å². The van der Waals surface area contributed by atoms with Gasteiger partial charge in [0.15, 0.2) is 0 Å². The largest absolute Gasteiger partial charge is 0.326 e. The first-order chi connectivity index (χ1) is 12.8. The molecule has 3 rings (SSSR count). The number of hydrogen-bond acceptors (Lipinski definition) is 3. The molecule has 0 aromatic heterocycles. The molecule has 8 heteroatoms. The summed E-state index contributed by atoms with van der Waals surface area (Å²) in [6, 6.07) is 13.6.